The molecule has 31 heavy (non-hydrogen) atoms. The number of hydrogen-bond acceptors (Lipinski definition) is 5. The van der Waals surface area contributed by atoms with Crippen LogP contribution in [0.5, 0.6) is 5.75 Å². The van der Waals surface area contributed by atoms with Crippen molar-refractivity contribution in [2.45, 2.75) is 24.7 Å². The van der Waals surface area contributed by atoms with Crippen LogP contribution in [0.4, 0.5) is 8.78 Å². The first kappa shape index (κ1) is 22.7. The molecule has 0 radical (unpaired) electrons. The molecule has 1 heterocycles. The van der Waals surface area contributed by atoms with Gasteiger partial charge in [0.2, 0.25) is 0 Å². The highest BCUT2D eigenvalue weighted by Crippen LogP contribution is 2.28. The third-order valence-electron chi connectivity index (χ3n) is 4.39. The second kappa shape index (κ2) is 8.64. The van der Waals surface area contributed by atoms with Gasteiger partial charge in [-0.15, -0.1) is 0 Å². The highest BCUT2D eigenvalue weighted by molar-refractivity contribution is 7.90. The summed E-state index contributed by atoms with van der Waals surface area (Å²) in [6.45, 7) is 3.41. The van der Waals surface area contributed by atoms with Crippen LogP contribution in [-0.4, -0.2) is 31.0 Å². The number of nitrogens with zero attached hydrogens (tertiary/aromatic N) is 2. The highest BCUT2D eigenvalue weighted by Gasteiger charge is 2.28. The van der Waals surface area contributed by atoms with Crippen molar-refractivity contribution in [3.63, 3.8) is 0 Å². The topological polar surface area (TPSA) is 90.3 Å². The van der Waals surface area contributed by atoms with Gasteiger partial charge >= 0.3 is 0 Å². The number of hydrogen-bond donors (Lipinski definition) is 1. The lowest BCUT2D eigenvalue weighted by Gasteiger charge is -2.14. The molecule has 0 unspecified atom stereocenters. The molecule has 1 N–H and O–H groups in total. The molecule has 0 aliphatic rings. The van der Waals surface area contributed by atoms with Crippen LogP contribution in [0, 0.1) is 11.6 Å². The van der Waals surface area contributed by atoms with Gasteiger partial charge in [0, 0.05) is 12.1 Å². The number of ether oxygens (including phenoxy) is 1. The third-order valence-corrected chi connectivity index (χ3v) is 6.20. The van der Waals surface area contributed by atoms with E-state index in [0.717, 1.165) is 24.5 Å². The van der Waals surface area contributed by atoms with Crippen molar-refractivity contribution in [2.75, 3.05) is 7.11 Å². The van der Waals surface area contributed by atoms with E-state index in [4.69, 9.17) is 16.3 Å². The van der Waals surface area contributed by atoms with Crippen LogP contribution in [0.25, 0.3) is 5.69 Å². The number of amides is 1. The van der Waals surface area contributed by atoms with Crippen LogP contribution < -0.4 is 9.46 Å². The van der Waals surface area contributed by atoms with Crippen molar-refractivity contribution in [1.29, 1.82) is 0 Å². The van der Waals surface area contributed by atoms with Crippen molar-refractivity contribution in [3.05, 3.63) is 70.8 Å². The number of carbonyl (C=O) groups excluding carboxylic acids is 1. The smallest absolute Gasteiger partial charge is 0.285 e. The number of methoxy groups -OCH3 is 1. The molecule has 0 atom stereocenters. The lowest BCUT2D eigenvalue weighted by molar-refractivity contribution is 0.0975. The summed E-state index contributed by atoms with van der Waals surface area (Å²) in [7, 11) is -3.03. The zero-order chi connectivity index (χ0) is 22.9. The molecule has 0 saturated heterocycles. The van der Waals surface area contributed by atoms with Crippen LogP contribution >= 0.6 is 11.6 Å². The van der Waals surface area contributed by atoms with E-state index in [1.165, 1.54) is 29.9 Å². The van der Waals surface area contributed by atoms with Crippen LogP contribution in [0.15, 0.2) is 47.6 Å². The number of sulfonamides is 1. The molecule has 0 fully saturated rings. The molecule has 3 rings (SSSR count). The summed E-state index contributed by atoms with van der Waals surface area (Å²) in [5, 5.41) is -0.113. The minimum absolute atomic E-state index is 0.113. The Bertz CT molecular complexity index is 1260. The van der Waals surface area contributed by atoms with Crippen molar-refractivity contribution in [1.82, 2.24) is 14.3 Å². The van der Waals surface area contributed by atoms with Gasteiger partial charge in [-0.2, -0.15) is 0 Å². The maximum Gasteiger partial charge on any atom is 0.285 e. The average Bonchev–Trinajstić information content (AvgIpc) is 3.15. The Morgan fingerprint density at radius 1 is 1.19 bits per heavy atom. The quantitative estimate of drug-likeness (QED) is 0.588. The molecule has 0 aliphatic heterocycles. The number of carbonyl (C=O) groups is 1. The first-order valence-corrected chi connectivity index (χ1v) is 10.8. The van der Waals surface area contributed by atoms with Crippen LogP contribution in [-0.2, 0) is 10.0 Å². The lowest BCUT2D eigenvalue weighted by atomic mass is 10.1. The predicted octanol–water partition coefficient (Wildman–Crippen LogP) is 4.05. The van der Waals surface area contributed by atoms with Crippen molar-refractivity contribution in [3.8, 4) is 11.4 Å². The standard InChI is InChI=1S/C20H18ClF2N3O4S/c1-11(2)19-18(24-10-26(19)16-8-12(22)4-7-15(16)23)20(27)25-31(28,29)17-9-13(30-3)5-6-14(17)21/h4-11H,1-3H3,(H,25,27). The molecule has 0 spiro atoms. The Morgan fingerprint density at radius 2 is 1.90 bits per heavy atom. The van der Waals surface area contributed by atoms with E-state index in [9.17, 15) is 22.0 Å². The summed E-state index contributed by atoms with van der Waals surface area (Å²) < 4.78 is 61.6. The maximum absolute atomic E-state index is 14.3. The molecule has 1 aromatic heterocycles. The number of rotatable bonds is 6. The van der Waals surface area contributed by atoms with E-state index in [2.05, 4.69) is 4.98 Å². The van der Waals surface area contributed by atoms with Crippen molar-refractivity contribution >= 4 is 27.5 Å². The second-order valence-corrected chi connectivity index (χ2v) is 8.89. The first-order valence-electron chi connectivity index (χ1n) is 8.98. The third kappa shape index (κ3) is 4.54. The molecular formula is C20H18ClF2N3O4S. The number of imidazole rings is 1. The molecule has 3 aromatic rings. The molecule has 0 bridgehead atoms. The largest absolute Gasteiger partial charge is 0.497 e. The zero-order valence-electron chi connectivity index (χ0n) is 16.7. The summed E-state index contributed by atoms with van der Waals surface area (Å²) in [5.74, 6) is -2.61. The van der Waals surface area contributed by atoms with Crippen LogP contribution in [0.1, 0.15) is 35.9 Å². The van der Waals surface area contributed by atoms with E-state index >= 15 is 0 Å². The van der Waals surface area contributed by atoms with Gasteiger partial charge in [0.1, 0.15) is 28.6 Å². The molecule has 7 nitrogen and oxygen atoms in total. The average molecular weight is 470 g/mol. The van der Waals surface area contributed by atoms with Gasteiger partial charge in [0.15, 0.2) is 5.69 Å². The minimum atomic E-state index is -4.38. The zero-order valence-corrected chi connectivity index (χ0v) is 18.3. The number of aromatic nitrogens is 2. The monoisotopic (exact) mass is 469 g/mol. The predicted molar refractivity (Wildman–Crippen MR) is 110 cm³/mol. The molecule has 1 amide bonds. The van der Waals surface area contributed by atoms with Crippen LogP contribution in [0.3, 0.4) is 0 Å². The normalized spacial score (nSPS) is 11.6. The fourth-order valence-electron chi connectivity index (χ4n) is 2.99. The van der Waals surface area contributed by atoms with Gasteiger partial charge in [-0.05, 0) is 30.2 Å². The van der Waals surface area contributed by atoms with E-state index in [1.54, 1.807) is 13.8 Å². The van der Waals surface area contributed by atoms with Gasteiger partial charge in [0.05, 0.1) is 23.5 Å². The summed E-state index contributed by atoms with van der Waals surface area (Å²) in [6, 6.07) is 6.82. The lowest BCUT2D eigenvalue weighted by Crippen LogP contribution is -2.32. The second-order valence-electron chi connectivity index (χ2n) is 6.83. The van der Waals surface area contributed by atoms with E-state index in [1.807, 2.05) is 4.72 Å². The summed E-state index contributed by atoms with van der Waals surface area (Å²) >= 11 is 5.98. The Labute approximate surface area is 182 Å². The number of nitrogens with one attached hydrogen (secondary N) is 1. The summed E-state index contributed by atoms with van der Waals surface area (Å²) in [4.78, 5) is 16.4. The van der Waals surface area contributed by atoms with E-state index < -0.39 is 27.6 Å². The van der Waals surface area contributed by atoms with E-state index in [-0.39, 0.29) is 38.7 Å². The molecule has 0 aliphatic carbocycles. The summed E-state index contributed by atoms with van der Waals surface area (Å²) in [6.07, 6.45) is 1.13. The Balaban J connectivity index is 2.03. The van der Waals surface area contributed by atoms with Crippen molar-refractivity contribution < 1.29 is 26.7 Å². The van der Waals surface area contributed by atoms with Crippen molar-refractivity contribution in [2.24, 2.45) is 0 Å². The maximum atomic E-state index is 14.3. The number of halogens is 3. The fourth-order valence-corrected chi connectivity index (χ4v) is 4.46. The van der Waals surface area contributed by atoms with Gasteiger partial charge in [-0.1, -0.05) is 25.4 Å². The molecule has 164 valence electrons. The molecule has 0 saturated carbocycles. The summed E-state index contributed by atoms with van der Waals surface area (Å²) in [5.41, 5.74) is -0.204. The van der Waals surface area contributed by atoms with Gasteiger partial charge in [0.25, 0.3) is 15.9 Å². The minimum Gasteiger partial charge on any atom is -0.497 e. The SMILES string of the molecule is COc1ccc(Cl)c(S(=O)(=O)NC(=O)c2ncn(-c3cc(F)ccc3F)c2C(C)C)c1. The molecular weight excluding hydrogens is 452 g/mol. The van der Waals surface area contributed by atoms with E-state index in [0.29, 0.717) is 0 Å². The van der Waals surface area contributed by atoms with Crippen LogP contribution in [0.2, 0.25) is 5.02 Å². The Kier molecular flexibility index (Phi) is 6.33. The molecule has 11 heteroatoms. The van der Waals surface area contributed by atoms with Gasteiger partial charge < -0.3 is 4.74 Å². The highest BCUT2D eigenvalue weighted by atomic mass is 35.5. The number of benzene rings is 2. The van der Waals surface area contributed by atoms with Gasteiger partial charge in [-0.3, -0.25) is 9.36 Å². The fraction of sp³-hybridized carbons (Fsp3) is 0.200. The Morgan fingerprint density at radius 3 is 2.55 bits per heavy atom. The molecule has 2 aromatic carbocycles. The van der Waals surface area contributed by atoms with Gasteiger partial charge in [-0.25, -0.2) is 26.9 Å². The first-order chi connectivity index (χ1) is 14.5. The Hall–Kier alpha value is -2.98.